The van der Waals surface area contributed by atoms with Gasteiger partial charge >= 0.3 is 0 Å². The van der Waals surface area contributed by atoms with E-state index in [1.54, 1.807) is 12.1 Å². The van der Waals surface area contributed by atoms with Crippen molar-refractivity contribution in [3.8, 4) is 5.75 Å². The van der Waals surface area contributed by atoms with Crippen molar-refractivity contribution in [1.82, 2.24) is 19.7 Å². The monoisotopic (exact) mass is 408 g/mol. The second-order valence-electron chi connectivity index (χ2n) is 6.61. The van der Waals surface area contributed by atoms with Crippen LogP contribution in [-0.2, 0) is 17.9 Å². The molecule has 0 spiro atoms. The molecular formula is C19H25ClN4O2S. The summed E-state index contributed by atoms with van der Waals surface area (Å²) in [5.74, 6) is 2.04. The maximum atomic E-state index is 12.5. The Hall–Kier alpha value is -1.73. The topological polar surface area (TPSA) is 60.2 Å². The van der Waals surface area contributed by atoms with Gasteiger partial charge in [0.05, 0.1) is 5.75 Å². The second kappa shape index (κ2) is 9.46. The minimum atomic E-state index is 0.178. The van der Waals surface area contributed by atoms with Crippen LogP contribution in [0.15, 0.2) is 29.4 Å². The predicted octanol–water partition coefficient (Wildman–Crippen LogP) is 4.02. The van der Waals surface area contributed by atoms with Gasteiger partial charge < -0.3 is 14.2 Å². The average Bonchev–Trinajstić information content (AvgIpc) is 3.08. The van der Waals surface area contributed by atoms with Gasteiger partial charge in [-0.1, -0.05) is 23.4 Å². The number of thioether (sulfide) groups is 1. The van der Waals surface area contributed by atoms with Crippen molar-refractivity contribution in [3.05, 3.63) is 35.1 Å². The Morgan fingerprint density at radius 2 is 2.07 bits per heavy atom. The highest BCUT2D eigenvalue weighted by Gasteiger charge is 2.24. The van der Waals surface area contributed by atoms with Crippen molar-refractivity contribution in [3.63, 3.8) is 0 Å². The number of piperidine rings is 1. The lowest BCUT2D eigenvalue weighted by Gasteiger charge is -2.33. The predicted molar refractivity (Wildman–Crippen MR) is 107 cm³/mol. The van der Waals surface area contributed by atoms with Crippen molar-refractivity contribution in [2.45, 2.75) is 57.5 Å². The molecule has 3 rings (SSSR count). The fourth-order valence-corrected chi connectivity index (χ4v) is 4.24. The second-order valence-corrected chi connectivity index (χ2v) is 7.99. The van der Waals surface area contributed by atoms with E-state index in [1.807, 2.05) is 28.5 Å². The zero-order chi connectivity index (χ0) is 19.2. The summed E-state index contributed by atoms with van der Waals surface area (Å²) >= 11 is 7.33. The number of ether oxygens (including phenoxy) is 1. The lowest BCUT2D eigenvalue weighted by atomic mass is 10.0. The van der Waals surface area contributed by atoms with Crippen LogP contribution in [0.4, 0.5) is 0 Å². The molecule has 6 nitrogen and oxygen atoms in total. The first-order valence-electron chi connectivity index (χ1n) is 9.31. The third kappa shape index (κ3) is 5.17. The average molecular weight is 409 g/mol. The Kier molecular flexibility index (Phi) is 7.01. The minimum Gasteiger partial charge on any atom is -0.486 e. The number of rotatable bonds is 7. The summed E-state index contributed by atoms with van der Waals surface area (Å²) < 4.78 is 7.76. The lowest BCUT2D eigenvalue weighted by Crippen LogP contribution is -2.43. The van der Waals surface area contributed by atoms with Crippen LogP contribution in [0, 0.1) is 0 Å². The van der Waals surface area contributed by atoms with Gasteiger partial charge in [0.15, 0.2) is 11.0 Å². The summed E-state index contributed by atoms with van der Waals surface area (Å²) in [6, 6.07) is 7.55. The smallest absolute Gasteiger partial charge is 0.233 e. The van der Waals surface area contributed by atoms with Crippen LogP contribution in [0.2, 0.25) is 5.02 Å². The molecule has 1 aromatic heterocycles. The van der Waals surface area contributed by atoms with Crippen molar-refractivity contribution < 1.29 is 9.53 Å². The molecule has 27 heavy (non-hydrogen) atoms. The van der Waals surface area contributed by atoms with E-state index in [-0.39, 0.29) is 5.91 Å². The van der Waals surface area contributed by atoms with Crippen LogP contribution in [0.25, 0.3) is 0 Å². The number of carbonyl (C=O) groups is 1. The molecule has 1 aliphatic rings. The van der Waals surface area contributed by atoms with Crippen molar-refractivity contribution in [1.29, 1.82) is 0 Å². The Labute approximate surface area is 169 Å². The first-order valence-corrected chi connectivity index (χ1v) is 10.7. The van der Waals surface area contributed by atoms with Gasteiger partial charge in [-0.15, -0.1) is 10.2 Å². The highest BCUT2D eigenvalue weighted by atomic mass is 35.5. The van der Waals surface area contributed by atoms with Crippen LogP contribution >= 0.6 is 23.4 Å². The normalized spacial score (nSPS) is 17.1. The van der Waals surface area contributed by atoms with Gasteiger partial charge in [-0.25, -0.2) is 0 Å². The first kappa shape index (κ1) is 20.0. The molecule has 0 N–H and O–H groups in total. The first-order chi connectivity index (χ1) is 13.1. The Morgan fingerprint density at radius 1 is 1.30 bits per heavy atom. The maximum absolute atomic E-state index is 12.5. The molecule has 0 bridgehead atoms. The summed E-state index contributed by atoms with van der Waals surface area (Å²) in [6.07, 6.45) is 3.39. The van der Waals surface area contributed by atoms with Crippen LogP contribution in [-0.4, -0.2) is 43.9 Å². The number of likely N-dealkylation sites (tertiary alicyclic amines) is 1. The molecule has 0 aliphatic carbocycles. The molecule has 1 saturated heterocycles. The Balaban J connectivity index is 1.58. The van der Waals surface area contributed by atoms with Gasteiger partial charge in [0, 0.05) is 24.2 Å². The van der Waals surface area contributed by atoms with Gasteiger partial charge in [0.25, 0.3) is 0 Å². The van der Waals surface area contributed by atoms with E-state index in [2.05, 4.69) is 17.1 Å². The third-order valence-electron chi connectivity index (χ3n) is 4.74. The molecule has 1 atom stereocenters. The molecule has 1 fully saturated rings. The fourth-order valence-electron chi connectivity index (χ4n) is 3.21. The van der Waals surface area contributed by atoms with E-state index in [4.69, 9.17) is 16.3 Å². The number of amides is 1. The molecule has 146 valence electrons. The van der Waals surface area contributed by atoms with Gasteiger partial charge in [-0.3, -0.25) is 4.79 Å². The number of carbonyl (C=O) groups excluding carboxylic acids is 1. The molecule has 2 heterocycles. The van der Waals surface area contributed by atoms with Gasteiger partial charge in [0.1, 0.15) is 12.4 Å². The highest BCUT2D eigenvalue weighted by Crippen LogP contribution is 2.22. The summed E-state index contributed by atoms with van der Waals surface area (Å²) in [5, 5.41) is 9.92. The Bertz CT molecular complexity index is 766. The van der Waals surface area contributed by atoms with Crippen molar-refractivity contribution >= 4 is 29.3 Å². The van der Waals surface area contributed by atoms with E-state index in [9.17, 15) is 4.79 Å². The lowest BCUT2D eigenvalue weighted by molar-refractivity contribution is -0.131. The molecule has 1 amide bonds. The van der Waals surface area contributed by atoms with E-state index in [0.717, 1.165) is 42.7 Å². The number of benzene rings is 1. The molecule has 8 heteroatoms. The largest absolute Gasteiger partial charge is 0.486 e. The van der Waals surface area contributed by atoms with Gasteiger partial charge in [-0.2, -0.15) is 0 Å². The zero-order valence-corrected chi connectivity index (χ0v) is 17.3. The quantitative estimate of drug-likeness (QED) is 0.647. The number of hydrogen-bond acceptors (Lipinski definition) is 5. The van der Waals surface area contributed by atoms with E-state index in [0.29, 0.717) is 23.4 Å². The number of hydrogen-bond donors (Lipinski definition) is 0. The molecule has 1 aliphatic heterocycles. The van der Waals surface area contributed by atoms with Crippen LogP contribution in [0.5, 0.6) is 5.75 Å². The molecule has 2 aromatic rings. The van der Waals surface area contributed by atoms with Crippen LogP contribution < -0.4 is 4.74 Å². The van der Waals surface area contributed by atoms with Crippen molar-refractivity contribution in [2.24, 2.45) is 0 Å². The Morgan fingerprint density at radius 3 is 2.78 bits per heavy atom. The van der Waals surface area contributed by atoms with Gasteiger partial charge in [-0.05, 0) is 57.4 Å². The molecular weight excluding hydrogens is 384 g/mol. The fraction of sp³-hybridized carbons (Fsp3) is 0.526. The molecule has 0 radical (unpaired) electrons. The molecule has 1 aromatic carbocycles. The summed E-state index contributed by atoms with van der Waals surface area (Å²) in [6.45, 7) is 6.07. The third-order valence-corrected chi connectivity index (χ3v) is 5.94. The van der Waals surface area contributed by atoms with Gasteiger partial charge in [0.2, 0.25) is 5.91 Å². The maximum Gasteiger partial charge on any atom is 0.233 e. The summed E-state index contributed by atoms with van der Waals surface area (Å²) in [7, 11) is 0. The van der Waals surface area contributed by atoms with E-state index >= 15 is 0 Å². The van der Waals surface area contributed by atoms with Crippen LogP contribution in [0.1, 0.15) is 38.9 Å². The zero-order valence-electron chi connectivity index (χ0n) is 15.7. The highest BCUT2D eigenvalue weighted by molar-refractivity contribution is 7.99. The molecule has 1 unspecified atom stereocenters. The summed E-state index contributed by atoms with van der Waals surface area (Å²) in [5.41, 5.74) is 0. The minimum absolute atomic E-state index is 0.178. The van der Waals surface area contributed by atoms with Crippen molar-refractivity contribution in [2.75, 3.05) is 12.3 Å². The SMILES string of the molecule is CCn1c(COc2ccc(Cl)cc2)nnc1SCC(=O)N1CCCCC1C. The number of halogens is 1. The number of nitrogens with zero attached hydrogens (tertiary/aromatic N) is 4. The van der Waals surface area contributed by atoms with E-state index < -0.39 is 0 Å². The van der Waals surface area contributed by atoms with E-state index in [1.165, 1.54) is 18.2 Å². The number of aromatic nitrogens is 3. The molecule has 0 saturated carbocycles. The summed E-state index contributed by atoms with van der Waals surface area (Å²) in [4.78, 5) is 14.5. The van der Waals surface area contributed by atoms with Crippen LogP contribution in [0.3, 0.4) is 0 Å². The standard InChI is InChI=1S/C19H25ClN4O2S/c1-3-23-17(12-26-16-9-7-15(20)8-10-16)21-22-19(23)27-13-18(25)24-11-5-4-6-14(24)2/h7-10,14H,3-6,11-13H2,1-2H3.